The van der Waals surface area contributed by atoms with E-state index in [-0.39, 0.29) is 0 Å². The molecule has 1 heterocycles. The quantitative estimate of drug-likeness (QED) is 0.830. The first kappa shape index (κ1) is 15.8. The summed E-state index contributed by atoms with van der Waals surface area (Å²) >= 11 is 0. The number of imidazole rings is 1. The lowest BCUT2D eigenvalue weighted by atomic mass is 10.2. The first-order valence-corrected chi connectivity index (χ1v) is 7.03. The van der Waals surface area contributed by atoms with Gasteiger partial charge in [0.15, 0.2) is 5.82 Å². The van der Waals surface area contributed by atoms with Gasteiger partial charge in [-0.1, -0.05) is 43.5 Å². The molecule has 22 heavy (non-hydrogen) atoms. The molecule has 0 aliphatic carbocycles. The Hall–Kier alpha value is -2.62. The molecule has 1 aromatic carbocycles. The number of hydrogen-bond donors (Lipinski definition) is 0. The second-order valence-electron chi connectivity index (χ2n) is 5.80. The fourth-order valence-corrected chi connectivity index (χ4v) is 2.07. The van der Waals surface area contributed by atoms with Gasteiger partial charge in [-0.25, -0.2) is 14.3 Å². The first-order chi connectivity index (χ1) is 10.4. The number of benzene rings is 1. The molecule has 4 heteroatoms. The molecule has 0 aliphatic rings. The van der Waals surface area contributed by atoms with Crippen LogP contribution in [0.5, 0.6) is 0 Å². The molecule has 0 atom stereocenters. The van der Waals surface area contributed by atoms with Crippen molar-refractivity contribution in [2.24, 2.45) is 0 Å². The normalized spacial score (nSPS) is 11.0. The number of rotatable bonds is 3. The van der Waals surface area contributed by atoms with Crippen molar-refractivity contribution < 1.29 is 9.53 Å². The van der Waals surface area contributed by atoms with E-state index < -0.39 is 11.7 Å². The van der Waals surface area contributed by atoms with Crippen LogP contribution in [0.2, 0.25) is 0 Å². The molecular formula is C18H20N2O2. The molecule has 0 unspecified atom stereocenters. The maximum absolute atomic E-state index is 12.6. The number of ether oxygens (including phenoxy) is 1. The van der Waals surface area contributed by atoms with Gasteiger partial charge < -0.3 is 4.74 Å². The fraction of sp³-hybridized carbons (Fsp3) is 0.222. The van der Waals surface area contributed by atoms with E-state index in [1.807, 2.05) is 51.1 Å². The summed E-state index contributed by atoms with van der Waals surface area (Å²) in [5, 5.41) is 0. The Morgan fingerprint density at radius 2 is 1.82 bits per heavy atom. The largest absolute Gasteiger partial charge is 0.443 e. The third-order valence-electron chi connectivity index (χ3n) is 2.94. The van der Waals surface area contributed by atoms with Crippen LogP contribution in [0.3, 0.4) is 0 Å². The van der Waals surface area contributed by atoms with Crippen molar-refractivity contribution in [1.29, 1.82) is 0 Å². The Kier molecular flexibility index (Phi) is 4.31. The van der Waals surface area contributed by atoms with E-state index >= 15 is 0 Å². The second-order valence-corrected chi connectivity index (χ2v) is 5.80. The van der Waals surface area contributed by atoms with Gasteiger partial charge in [0, 0.05) is 5.56 Å². The highest BCUT2D eigenvalue weighted by Crippen LogP contribution is 2.25. The highest BCUT2D eigenvalue weighted by Gasteiger charge is 2.25. The van der Waals surface area contributed by atoms with Gasteiger partial charge in [-0.15, -0.1) is 0 Å². The molecule has 0 amide bonds. The minimum absolute atomic E-state index is 0.484. The van der Waals surface area contributed by atoms with Crippen LogP contribution in [-0.2, 0) is 4.74 Å². The van der Waals surface area contributed by atoms with E-state index in [2.05, 4.69) is 18.1 Å². The summed E-state index contributed by atoms with van der Waals surface area (Å²) in [5.41, 5.74) is 1.40. The maximum Gasteiger partial charge on any atom is 0.420 e. The van der Waals surface area contributed by atoms with Crippen molar-refractivity contribution in [3.63, 3.8) is 0 Å². The predicted molar refractivity (Wildman–Crippen MR) is 89.5 cm³/mol. The van der Waals surface area contributed by atoms with Gasteiger partial charge in [-0.2, -0.15) is 0 Å². The molecule has 2 aromatic rings. The molecule has 0 saturated carbocycles. The number of carbonyl (C=O) groups is 1. The number of hydrogen-bond acceptors (Lipinski definition) is 3. The highest BCUT2D eigenvalue weighted by atomic mass is 16.6. The van der Waals surface area contributed by atoms with Gasteiger partial charge in [0.25, 0.3) is 0 Å². The van der Waals surface area contributed by atoms with Crippen LogP contribution in [-0.4, -0.2) is 21.2 Å². The van der Waals surface area contributed by atoms with Crippen molar-refractivity contribution in [3.8, 4) is 11.4 Å². The predicted octanol–water partition coefficient (Wildman–Crippen LogP) is 4.62. The van der Waals surface area contributed by atoms with Crippen molar-refractivity contribution >= 4 is 18.2 Å². The third kappa shape index (κ3) is 3.17. The van der Waals surface area contributed by atoms with Gasteiger partial charge in [-0.3, -0.25) is 0 Å². The van der Waals surface area contributed by atoms with Crippen LogP contribution in [0.15, 0.2) is 43.5 Å². The van der Waals surface area contributed by atoms with Crippen molar-refractivity contribution in [1.82, 2.24) is 9.55 Å². The molecule has 4 nitrogen and oxygen atoms in total. The zero-order valence-corrected chi connectivity index (χ0v) is 13.2. The molecule has 0 saturated heterocycles. The van der Waals surface area contributed by atoms with Gasteiger partial charge in [0.2, 0.25) is 0 Å². The Morgan fingerprint density at radius 3 is 2.32 bits per heavy atom. The zero-order chi connectivity index (χ0) is 16.3. The summed E-state index contributed by atoms with van der Waals surface area (Å²) in [6, 6.07) is 9.48. The van der Waals surface area contributed by atoms with Crippen LogP contribution in [0, 0.1) is 0 Å². The van der Waals surface area contributed by atoms with Crippen LogP contribution in [0.25, 0.3) is 23.5 Å². The van der Waals surface area contributed by atoms with Crippen LogP contribution < -0.4 is 0 Å². The van der Waals surface area contributed by atoms with E-state index in [1.54, 1.807) is 12.2 Å². The maximum atomic E-state index is 12.6. The van der Waals surface area contributed by atoms with Crippen LogP contribution in [0.4, 0.5) is 4.79 Å². The molecule has 0 radical (unpaired) electrons. The zero-order valence-electron chi connectivity index (χ0n) is 13.2. The number of aromatic nitrogens is 2. The van der Waals surface area contributed by atoms with Crippen LogP contribution >= 0.6 is 0 Å². The summed E-state index contributed by atoms with van der Waals surface area (Å²) in [6.45, 7) is 13.0. The van der Waals surface area contributed by atoms with Crippen molar-refractivity contribution in [3.05, 3.63) is 54.9 Å². The second kappa shape index (κ2) is 6.02. The summed E-state index contributed by atoms with van der Waals surface area (Å²) in [5.74, 6) is 0.514. The lowest BCUT2D eigenvalue weighted by Gasteiger charge is -2.20. The molecule has 0 N–H and O–H groups in total. The average Bonchev–Trinajstić information content (AvgIpc) is 2.85. The van der Waals surface area contributed by atoms with E-state index in [9.17, 15) is 4.79 Å². The Labute approximate surface area is 130 Å². The minimum Gasteiger partial charge on any atom is -0.443 e. The van der Waals surface area contributed by atoms with E-state index in [0.717, 1.165) is 5.56 Å². The molecule has 0 aliphatic heterocycles. The average molecular weight is 296 g/mol. The van der Waals surface area contributed by atoms with E-state index in [0.29, 0.717) is 17.2 Å². The number of nitrogens with zero attached hydrogens (tertiary/aromatic N) is 2. The van der Waals surface area contributed by atoms with Crippen molar-refractivity contribution in [2.45, 2.75) is 26.4 Å². The molecule has 0 bridgehead atoms. The molecule has 2 rings (SSSR count). The summed E-state index contributed by atoms with van der Waals surface area (Å²) in [7, 11) is 0. The van der Waals surface area contributed by atoms with Gasteiger partial charge in [0.05, 0.1) is 11.4 Å². The molecule has 114 valence electrons. The molecular weight excluding hydrogens is 276 g/mol. The SMILES string of the molecule is C=Cc1nc(-c2ccccc2)n(C(=O)OC(C)(C)C)c1C=C. The Morgan fingerprint density at radius 1 is 1.18 bits per heavy atom. The summed E-state index contributed by atoms with van der Waals surface area (Å²) in [4.78, 5) is 17.1. The fourth-order valence-electron chi connectivity index (χ4n) is 2.07. The lowest BCUT2D eigenvalue weighted by molar-refractivity contribution is 0.0538. The minimum atomic E-state index is -0.595. The smallest absolute Gasteiger partial charge is 0.420 e. The van der Waals surface area contributed by atoms with E-state index in [4.69, 9.17) is 4.74 Å². The van der Waals surface area contributed by atoms with Gasteiger partial charge in [-0.05, 0) is 32.9 Å². The van der Waals surface area contributed by atoms with Gasteiger partial charge in [0.1, 0.15) is 5.60 Å². The third-order valence-corrected chi connectivity index (χ3v) is 2.94. The van der Waals surface area contributed by atoms with E-state index in [1.165, 1.54) is 4.57 Å². The topological polar surface area (TPSA) is 44.1 Å². The van der Waals surface area contributed by atoms with Crippen LogP contribution in [0.1, 0.15) is 32.2 Å². The van der Waals surface area contributed by atoms with Crippen molar-refractivity contribution in [2.75, 3.05) is 0 Å². The Balaban J connectivity index is 2.64. The lowest BCUT2D eigenvalue weighted by Crippen LogP contribution is -2.28. The van der Waals surface area contributed by atoms with Gasteiger partial charge >= 0.3 is 6.09 Å². The monoisotopic (exact) mass is 296 g/mol. The first-order valence-electron chi connectivity index (χ1n) is 7.03. The standard InChI is InChI=1S/C18H20N2O2/c1-6-14-15(7-2)20(17(21)22-18(3,4)5)16(19-14)13-11-9-8-10-12-13/h6-12H,1-2H2,3-5H3. The molecule has 1 aromatic heterocycles. The molecule has 0 spiro atoms. The number of carbonyl (C=O) groups excluding carboxylic acids is 1. The summed E-state index contributed by atoms with van der Waals surface area (Å²) < 4.78 is 6.92. The summed E-state index contributed by atoms with van der Waals surface area (Å²) in [6.07, 6.45) is 2.70. The molecule has 0 fully saturated rings. The highest BCUT2D eigenvalue weighted by molar-refractivity contribution is 5.82. The Bertz CT molecular complexity index is 707.